The number of rotatable bonds is 1. The molecule has 1 heterocycles. The maximum absolute atomic E-state index is 11.8. The molecule has 0 saturated heterocycles. The van der Waals surface area contributed by atoms with Crippen molar-refractivity contribution in [2.75, 3.05) is 5.32 Å². The van der Waals surface area contributed by atoms with Gasteiger partial charge in [0.1, 0.15) is 0 Å². The van der Waals surface area contributed by atoms with Gasteiger partial charge in [-0.2, -0.15) is 0 Å². The largest absolute Gasteiger partial charge is 0.364 e. The number of benzodiazepines with no additional fused rings is 1. The van der Waals surface area contributed by atoms with Crippen LogP contribution in [0.4, 0.5) is 5.69 Å². The lowest BCUT2D eigenvalue weighted by atomic mass is 10.0. The van der Waals surface area contributed by atoms with Gasteiger partial charge in [0.2, 0.25) is 6.23 Å². The van der Waals surface area contributed by atoms with Gasteiger partial charge in [0.25, 0.3) is 5.91 Å². The van der Waals surface area contributed by atoms with Crippen LogP contribution in [0.3, 0.4) is 0 Å². The molecule has 2 aromatic carbocycles. The molecule has 3 rings (SSSR count). The molecular formula is C15H10BrClN2O2. The van der Waals surface area contributed by atoms with Crippen LogP contribution >= 0.6 is 27.5 Å². The quantitative estimate of drug-likeness (QED) is 0.815. The van der Waals surface area contributed by atoms with Crippen molar-refractivity contribution in [3.05, 3.63) is 63.1 Å². The van der Waals surface area contributed by atoms with E-state index in [0.29, 0.717) is 27.5 Å². The molecule has 0 aliphatic carbocycles. The molecule has 1 atom stereocenters. The minimum Gasteiger partial charge on any atom is -0.364 e. The van der Waals surface area contributed by atoms with Crippen molar-refractivity contribution < 1.29 is 9.90 Å². The molecule has 6 heteroatoms. The van der Waals surface area contributed by atoms with Crippen LogP contribution in [-0.4, -0.2) is 23.0 Å². The van der Waals surface area contributed by atoms with Crippen molar-refractivity contribution in [3.63, 3.8) is 0 Å². The molecule has 1 amide bonds. The van der Waals surface area contributed by atoms with Crippen LogP contribution in [0.1, 0.15) is 11.1 Å². The summed E-state index contributed by atoms with van der Waals surface area (Å²) in [5.41, 5.74) is 2.41. The van der Waals surface area contributed by atoms with Gasteiger partial charge in [-0.3, -0.25) is 4.79 Å². The zero-order valence-corrected chi connectivity index (χ0v) is 13.0. The van der Waals surface area contributed by atoms with E-state index in [-0.39, 0.29) is 0 Å². The van der Waals surface area contributed by atoms with E-state index in [9.17, 15) is 9.90 Å². The first-order chi connectivity index (χ1) is 10.1. The number of carbonyl (C=O) groups is 1. The highest BCUT2D eigenvalue weighted by Gasteiger charge is 2.25. The normalized spacial score (nSPS) is 17.6. The average Bonchev–Trinajstić information content (AvgIpc) is 2.58. The van der Waals surface area contributed by atoms with Crippen LogP contribution in [0.15, 0.2) is 51.9 Å². The maximum Gasteiger partial charge on any atom is 0.276 e. The lowest BCUT2D eigenvalue weighted by Crippen LogP contribution is -2.24. The number of anilines is 1. The van der Waals surface area contributed by atoms with Gasteiger partial charge < -0.3 is 10.4 Å². The van der Waals surface area contributed by atoms with E-state index in [1.54, 1.807) is 24.3 Å². The van der Waals surface area contributed by atoms with Gasteiger partial charge in [-0.1, -0.05) is 45.7 Å². The van der Waals surface area contributed by atoms with Crippen molar-refractivity contribution in [1.82, 2.24) is 0 Å². The third-order valence-corrected chi connectivity index (χ3v) is 3.93. The Kier molecular flexibility index (Phi) is 3.80. The third-order valence-electron chi connectivity index (χ3n) is 3.11. The molecule has 21 heavy (non-hydrogen) atoms. The van der Waals surface area contributed by atoms with Crippen molar-refractivity contribution in [1.29, 1.82) is 0 Å². The molecule has 0 bridgehead atoms. The summed E-state index contributed by atoms with van der Waals surface area (Å²) >= 11 is 9.62. The molecule has 0 aromatic heterocycles. The maximum atomic E-state index is 11.8. The van der Waals surface area contributed by atoms with E-state index in [2.05, 4.69) is 26.2 Å². The fourth-order valence-corrected chi connectivity index (χ4v) is 2.72. The van der Waals surface area contributed by atoms with Gasteiger partial charge in [-0.05, 0) is 24.3 Å². The summed E-state index contributed by atoms with van der Waals surface area (Å²) in [6.07, 6.45) is -1.47. The summed E-state index contributed by atoms with van der Waals surface area (Å²) in [5, 5.41) is 13.0. The Morgan fingerprint density at radius 1 is 1.19 bits per heavy atom. The molecule has 0 fully saturated rings. The Balaban J connectivity index is 2.27. The first kappa shape index (κ1) is 14.3. The summed E-state index contributed by atoms with van der Waals surface area (Å²) in [6.45, 7) is 0. The molecule has 2 aromatic rings. The Bertz CT molecular complexity index is 761. The smallest absolute Gasteiger partial charge is 0.276 e. The second-order valence-corrected chi connectivity index (χ2v) is 5.83. The first-order valence-corrected chi connectivity index (χ1v) is 7.35. The number of aliphatic hydroxyl groups is 1. The fourth-order valence-electron chi connectivity index (χ4n) is 2.14. The molecule has 0 radical (unpaired) electrons. The van der Waals surface area contributed by atoms with Gasteiger partial charge in [0, 0.05) is 20.6 Å². The Morgan fingerprint density at radius 2 is 1.95 bits per heavy atom. The molecule has 106 valence electrons. The van der Waals surface area contributed by atoms with Crippen molar-refractivity contribution in [2.24, 2.45) is 4.99 Å². The summed E-state index contributed by atoms with van der Waals surface area (Å²) in [7, 11) is 0. The number of nitrogens with zero attached hydrogens (tertiary/aromatic N) is 1. The third kappa shape index (κ3) is 2.72. The van der Waals surface area contributed by atoms with Crippen molar-refractivity contribution in [3.8, 4) is 0 Å². The molecule has 2 N–H and O–H groups in total. The topological polar surface area (TPSA) is 61.7 Å². The van der Waals surface area contributed by atoms with Crippen LogP contribution < -0.4 is 5.32 Å². The lowest BCUT2D eigenvalue weighted by molar-refractivity contribution is -0.123. The number of carbonyl (C=O) groups excluding carboxylic acids is 1. The van der Waals surface area contributed by atoms with Gasteiger partial charge in [-0.25, -0.2) is 4.99 Å². The van der Waals surface area contributed by atoms with E-state index >= 15 is 0 Å². The van der Waals surface area contributed by atoms with Crippen molar-refractivity contribution >= 4 is 44.8 Å². The van der Waals surface area contributed by atoms with E-state index in [1.165, 1.54) is 0 Å². The van der Waals surface area contributed by atoms with Gasteiger partial charge in [0.15, 0.2) is 0 Å². The number of nitrogens with one attached hydrogen (secondary N) is 1. The second-order valence-electron chi connectivity index (χ2n) is 4.51. The fraction of sp³-hybridized carbons (Fsp3) is 0.0667. The predicted octanol–water partition coefficient (Wildman–Crippen LogP) is 3.21. The zero-order valence-electron chi connectivity index (χ0n) is 10.7. The molecule has 4 nitrogen and oxygen atoms in total. The summed E-state index contributed by atoms with van der Waals surface area (Å²) in [6, 6.07) is 12.6. The summed E-state index contributed by atoms with van der Waals surface area (Å²) in [4.78, 5) is 15.9. The summed E-state index contributed by atoms with van der Waals surface area (Å²) in [5.74, 6) is -0.569. The van der Waals surface area contributed by atoms with Crippen LogP contribution in [0.25, 0.3) is 0 Å². The van der Waals surface area contributed by atoms with Crippen LogP contribution in [0, 0.1) is 0 Å². The first-order valence-electron chi connectivity index (χ1n) is 6.18. The van der Waals surface area contributed by atoms with Crippen molar-refractivity contribution in [2.45, 2.75) is 6.23 Å². The van der Waals surface area contributed by atoms with Gasteiger partial charge in [-0.15, -0.1) is 0 Å². The van der Waals surface area contributed by atoms with Crippen LogP contribution in [0.5, 0.6) is 0 Å². The van der Waals surface area contributed by atoms with E-state index < -0.39 is 12.1 Å². The van der Waals surface area contributed by atoms with Gasteiger partial charge >= 0.3 is 0 Å². The molecule has 0 saturated carbocycles. The number of halogens is 2. The Hall–Kier alpha value is -1.69. The number of benzene rings is 2. The van der Waals surface area contributed by atoms with E-state index in [0.717, 1.165) is 4.47 Å². The lowest BCUT2D eigenvalue weighted by Gasteiger charge is -2.11. The number of aliphatic imine (C=N–C) groups is 1. The standard InChI is InChI=1S/C15H10BrClN2O2/c16-8-5-6-12-10(7-8)13(19-15(21)14(20)18-12)9-3-1-2-4-11(9)17/h1-7,15,21H,(H,18,20)/t15-/m1/s1. The Labute approximate surface area is 134 Å². The number of fused-ring (bicyclic) bond motifs is 1. The number of hydrogen-bond acceptors (Lipinski definition) is 3. The average molecular weight is 366 g/mol. The van der Waals surface area contributed by atoms with Gasteiger partial charge in [0.05, 0.1) is 11.4 Å². The minimum atomic E-state index is -1.47. The highest BCUT2D eigenvalue weighted by Crippen LogP contribution is 2.29. The molecule has 1 aliphatic rings. The minimum absolute atomic E-state index is 0.475. The second kappa shape index (κ2) is 5.60. The molecule has 0 unspecified atom stereocenters. The molecule has 0 spiro atoms. The monoisotopic (exact) mass is 364 g/mol. The number of amides is 1. The van der Waals surface area contributed by atoms with Crippen LogP contribution in [0.2, 0.25) is 5.02 Å². The SMILES string of the molecule is O=C1Nc2ccc(Br)cc2C(c2ccccc2Cl)=N[C@@H]1O. The highest BCUT2D eigenvalue weighted by molar-refractivity contribution is 9.10. The zero-order chi connectivity index (χ0) is 15.0. The van der Waals surface area contributed by atoms with Crippen LogP contribution in [-0.2, 0) is 4.79 Å². The molecular weight excluding hydrogens is 356 g/mol. The Morgan fingerprint density at radius 3 is 2.71 bits per heavy atom. The van der Waals surface area contributed by atoms with E-state index in [4.69, 9.17) is 11.6 Å². The highest BCUT2D eigenvalue weighted by atomic mass is 79.9. The summed E-state index contributed by atoms with van der Waals surface area (Å²) < 4.78 is 0.839. The number of aliphatic hydroxyl groups excluding tert-OH is 1. The van der Waals surface area contributed by atoms with E-state index in [1.807, 2.05) is 18.2 Å². The predicted molar refractivity (Wildman–Crippen MR) is 85.9 cm³/mol. The molecule has 1 aliphatic heterocycles. The number of hydrogen-bond donors (Lipinski definition) is 2.